The van der Waals surface area contributed by atoms with Crippen molar-refractivity contribution in [3.05, 3.63) is 44.5 Å². The molecule has 0 bridgehead atoms. The summed E-state index contributed by atoms with van der Waals surface area (Å²) in [5, 5.41) is 5.23. The van der Waals surface area contributed by atoms with Crippen LogP contribution >= 0.6 is 34.5 Å². The van der Waals surface area contributed by atoms with Gasteiger partial charge in [-0.3, -0.25) is 14.9 Å². The number of nitrogens with one attached hydrogen (secondary N) is 2. The van der Waals surface area contributed by atoms with Gasteiger partial charge in [-0.2, -0.15) is 0 Å². The molecule has 4 amide bonds. The Labute approximate surface area is 243 Å². The fourth-order valence-electron chi connectivity index (χ4n) is 4.26. The van der Waals surface area contributed by atoms with Crippen LogP contribution in [0.15, 0.2) is 18.2 Å². The zero-order valence-electron chi connectivity index (χ0n) is 23.4. The smallest absolute Gasteiger partial charge is 0.324 e. The van der Waals surface area contributed by atoms with Crippen molar-refractivity contribution in [2.75, 3.05) is 50.9 Å². The molecule has 0 spiro atoms. The largest absolute Gasteiger partial charge is 0.338 e. The van der Waals surface area contributed by atoms with E-state index in [4.69, 9.17) is 23.2 Å². The quantitative estimate of drug-likeness (QED) is 0.374. The standard InChI is InChI=1S/C27H36Cl2FN5O3S/c1-8-27(5)24(37)34(12-11-33(6)7)13-14-35(27)23(36)16-15-19(26(2,3)4)39-22(16)32-25(38)31-18-10-9-17(30)20(28)21(18)29/h9-10,15H,8,11-14H2,1-7H3,(H2,31,32,38). The van der Waals surface area contributed by atoms with Crippen molar-refractivity contribution in [2.24, 2.45) is 0 Å². The maximum atomic E-state index is 14.0. The zero-order chi connectivity index (χ0) is 29.3. The minimum Gasteiger partial charge on any atom is -0.338 e. The van der Waals surface area contributed by atoms with E-state index in [0.29, 0.717) is 36.6 Å². The first-order valence-electron chi connectivity index (χ1n) is 12.7. The number of nitrogens with zero attached hydrogens (tertiary/aromatic N) is 3. The highest BCUT2D eigenvalue weighted by Crippen LogP contribution is 2.39. The van der Waals surface area contributed by atoms with Crippen LogP contribution in [0.3, 0.4) is 0 Å². The van der Waals surface area contributed by atoms with E-state index in [2.05, 4.69) is 10.6 Å². The van der Waals surface area contributed by atoms with Gasteiger partial charge in [0.25, 0.3) is 5.91 Å². The maximum absolute atomic E-state index is 14.0. The number of carbonyl (C=O) groups is 3. The zero-order valence-corrected chi connectivity index (χ0v) is 25.7. The fraction of sp³-hybridized carbons (Fsp3) is 0.519. The van der Waals surface area contributed by atoms with E-state index in [1.165, 1.54) is 17.4 Å². The number of benzene rings is 1. The van der Waals surface area contributed by atoms with Gasteiger partial charge in [-0.1, -0.05) is 50.9 Å². The molecule has 1 aliphatic heterocycles. The maximum Gasteiger partial charge on any atom is 0.324 e. The molecule has 3 rings (SSSR count). The molecule has 39 heavy (non-hydrogen) atoms. The van der Waals surface area contributed by atoms with Gasteiger partial charge in [0.15, 0.2) is 0 Å². The Morgan fingerprint density at radius 1 is 1.15 bits per heavy atom. The number of amides is 4. The molecule has 2 N–H and O–H groups in total. The summed E-state index contributed by atoms with van der Waals surface area (Å²) in [6.07, 6.45) is 0.444. The lowest BCUT2D eigenvalue weighted by Gasteiger charge is -2.47. The van der Waals surface area contributed by atoms with Crippen molar-refractivity contribution in [2.45, 2.75) is 52.0 Å². The van der Waals surface area contributed by atoms with E-state index >= 15 is 0 Å². The van der Waals surface area contributed by atoms with Gasteiger partial charge in [-0.25, -0.2) is 9.18 Å². The van der Waals surface area contributed by atoms with E-state index in [9.17, 15) is 18.8 Å². The predicted molar refractivity (Wildman–Crippen MR) is 157 cm³/mol. The van der Waals surface area contributed by atoms with Crippen LogP contribution in [0.1, 0.15) is 56.3 Å². The SMILES string of the molecule is CCC1(C)C(=O)N(CCN(C)C)CCN1C(=O)c1cc(C(C)(C)C)sc1NC(=O)Nc1ccc(F)c(Cl)c1Cl. The van der Waals surface area contributed by atoms with Crippen LogP contribution in [0.25, 0.3) is 0 Å². The molecule has 2 aromatic rings. The molecule has 1 atom stereocenters. The van der Waals surface area contributed by atoms with Crippen LogP contribution in [0.2, 0.25) is 10.0 Å². The molecule has 1 aromatic carbocycles. The monoisotopic (exact) mass is 599 g/mol. The molecule has 1 unspecified atom stereocenters. The normalized spacial score (nSPS) is 18.1. The highest BCUT2D eigenvalue weighted by molar-refractivity contribution is 7.16. The summed E-state index contributed by atoms with van der Waals surface area (Å²) in [6.45, 7) is 11.8. The lowest BCUT2D eigenvalue weighted by Crippen LogP contribution is -2.66. The summed E-state index contributed by atoms with van der Waals surface area (Å²) in [5.74, 6) is -1.12. The number of anilines is 2. The van der Waals surface area contributed by atoms with E-state index < -0.39 is 17.4 Å². The Balaban J connectivity index is 1.91. The average Bonchev–Trinajstić information content (AvgIpc) is 3.29. The van der Waals surface area contributed by atoms with Crippen molar-refractivity contribution in [3.8, 4) is 0 Å². The van der Waals surface area contributed by atoms with Gasteiger partial charge in [0, 0.05) is 31.1 Å². The van der Waals surface area contributed by atoms with Crippen LogP contribution < -0.4 is 10.6 Å². The van der Waals surface area contributed by atoms with Crippen molar-refractivity contribution in [1.29, 1.82) is 0 Å². The molecule has 8 nitrogen and oxygen atoms in total. The number of urea groups is 1. The van der Waals surface area contributed by atoms with Gasteiger partial charge in [-0.05, 0) is 51.1 Å². The molecule has 12 heteroatoms. The number of hydrogen-bond donors (Lipinski definition) is 2. The minimum atomic E-state index is -1.02. The Morgan fingerprint density at radius 3 is 2.41 bits per heavy atom. The Hall–Kier alpha value is -2.40. The van der Waals surface area contributed by atoms with Gasteiger partial charge in [-0.15, -0.1) is 11.3 Å². The number of rotatable bonds is 7. The van der Waals surface area contributed by atoms with Crippen LogP contribution in [0, 0.1) is 5.82 Å². The minimum absolute atomic E-state index is 0.0900. The van der Waals surface area contributed by atoms with Gasteiger partial charge in [0.05, 0.1) is 21.3 Å². The molecule has 0 saturated carbocycles. The van der Waals surface area contributed by atoms with Gasteiger partial charge in [0.1, 0.15) is 16.4 Å². The summed E-state index contributed by atoms with van der Waals surface area (Å²) >= 11 is 13.3. The summed E-state index contributed by atoms with van der Waals surface area (Å²) < 4.78 is 13.7. The first kappa shape index (κ1) is 31.1. The number of hydrogen-bond acceptors (Lipinski definition) is 5. The number of halogens is 3. The van der Waals surface area contributed by atoms with Crippen LogP contribution in [0.4, 0.5) is 19.9 Å². The molecule has 0 aliphatic carbocycles. The van der Waals surface area contributed by atoms with Gasteiger partial charge in [0.2, 0.25) is 5.91 Å². The summed E-state index contributed by atoms with van der Waals surface area (Å²) in [7, 11) is 3.91. The Kier molecular flexibility index (Phi) is 9.58. The first-order valence-corrected chi connectivity index (χ1v) is 14.3. The molecule has 214 valence electrons. The van der Waals surface area contributed by atoms with E-state index in [1.54, 1.807) is 17.9 Å². The van der Waals surface area contributed by atoms with Crippen molar-refractivity contribution in [3.63, 3.8) is 0 Å². The molecule has 1 aromatic heterocycles. The predicted octanol–water partition coefficient (Wildman–Crippen LogP) is 6.15. The lowest BCUT2D eigenvalue weighted by molar-refractivity contribution is -0.148. The van der Waals surface area contributed by atoms with Gasteiger partial charge < -0.3 is 20.0 Å². The third kappa shape index (κ3) is 6.67. The third-order valence-corrected chi connectivity index (χ3v) is 9.24. The van der Waals surface area contributed by atoms with E-state index in [-0.39, 0.29) is 33.0 Å². The Bertz CT molecular complexity index is 1260. The topological polar surface area (TPSA) is 85.0 Å². The molecule has 2 heterocycles. The summed E-state index contributed by atoms with van der Waals surface area (Å²) in [6, 6.07) is 3.52. The second-order valence-corrected chi connectivity index (χ2v) is 12.9. The molecule has 1 saturated heterocycles. The second-order valence-electron chi connectivity index (χ2n) is 11.1. The second kappa shape index (κ2) is 12.0. The van der Waals surface area contributed by atoms with Crippen LogP contribution in [-0.2, 0) is 10.2 Å². The summed E-state index contributed by atoms with van der Waals surface area (Å²) in [4.78, 5) is 46.9. The summed E-state index contributed by atoms with van der Waals surface area (Å²) in [5.41, 5.74) is -0.890. The number of carbonyl (C=O) groups excluding carboxylic acids is 3. The molecule has 1 fully saturated rings. The fourth-order valence-corrected chi connectivity index (χ4v) is 5.73. The third-order valence-electron chi connectivity index (χ3n) is 6.90. The lowest BCUT2D eigenvalue weighted by atomic mass is 9.90. The average molecular weight is 601 g/mol. The van der Waals surface area contributed by atoms with Crippen molar-refractivity contribution < 1.29 is 18.8 Å². The van der Waals surface area contributed by atoms with E-state index in [0.717, 1.165) is 17.5 Å². The first-order chi connectivity index (χ1) is 18.1. The number of likely N-dealkylation sites (N-methyl/N-ethyl adjacent to an activating group) is 1. The Morgan fingerprint density at radius 2 is 1.82 bits per heavy atom. The van der Waals surface area contributed by atoms with Crippen LogP contribution in [-0.4, -0.2) is 78.4 Å². The van der Waals surface area contributed by atoms with Crippen LogP contribution in [0.5, 0.6) is 0 Å². The molecule has 0 radical (unpaired) electrons. The highest BCUT2D eigenvalue weighted by Gasteiger charge is 2.47. The van der Waals surface area contributed by atoms with Crippen molar-refractivity contribution in [1.82, 2.24) is 14.7 Å². The van der Waals surface area contributed by atoms with Gasteiger partial charge >= 0.3 is 6.03 Å². The van der Waals surface area contributed by atoms with Crippen molar-refractivity contribution >= 4 is 63.1 Å². The number of thiophene rings is 1. The molecular formula is C27H36Cl2FN5O3S. The molecular weight excluding hydrogens is 564 g/mol. The highest BCUT2D eigenvalue weighted by atomic mass is 35.5. The van der Waals surface area contributed by atoms with E-state index in [1.807, 2.05) is 51.6 Å². The number of piperazine rings is 1. The molecule has 1 aliphatic rings.